The molecule has 5 heteroatoms. The quantitative estimate of drug-likeness (QED) is 0.700. The normalized spacial score (nSPS) is 18.3. The zero-order chi connectivity index (χ0) is 18.4. The molecule has 1 aromatic heterocycles. The molecule has 2 aliphatic rings. The number of fused-ring (bicyclic) bond motifs is 2. The minimum absolute atomic E-state index is 0.157. The number of aryl methyl sites for hydroxylation is 1. The Hall–Kier alpha value is -2.95. The molecule has 1 spiro atoms. The Morgan fingerprint density at radius 1 is 1.00 bits per heavy atom. The molecule has 2 aromatic carbocycles. The number of amides is 2. The van der Waals surface area contributed by atoms with Crippen LogP contribution in [-0.2, 0) is 6.42 Å². The summed E-state index contributed by atoms with van der Waals surface area (Å²) in [6.07, 6.45) is 5.38. The van der Waals surface area contributed by atoms with E-state index in [1.807, 2.05) is 12.1 Å². The summed E-state index contributed by atoms with van der Waals surface area (Å²) in [6, 6.07) is 14.4. The van der Waals surface area contributed by atoms with E-state index >= 15 is 0 Å². The Bertz CT molecular complexity index is 1020. The molecule has 138 valence electrons. The van der Waals surface area contributed by atoms with Gasteiger partial charge in [0.15, 0.2) is 0 Å². The number of hydrogen-bond donors (Lipinski definition) is 1. The van der Waals surface area contributed by atoms with Gasteiger partial charge in [0.05, 0.1) is 6.26 Å². The van der Waals surface area contributed by atoms with E-state index in [4.69, 9.17) is 14.9 Å². The van der Waals surface area contributed by atoms with E-state index in [0.717, 1.165) is 42.4 Å². The van der Waals surface area contributed by atoms with Gasteiger partial charge in [0.2, 0.25) is 0 Å². The highest BCUT2D eigenvalue weighted by Gasteiger charge is 2.40. The molecule has 2 amide bonds. The maximum absolute atomic E-state index is 11.4. The monoisotopic (exact) mass is 362 g/mol. The second-order valence-electron chi connectivity index (χ2n) is 7.61. The van der Waals surface area contributed by atoms with Crippen LogP contribution in [0.15, 0.2) is 53.1 Å². The molecule has 0 bridgehead atoms. The molecule has 0 radical (unpaired) electrons. The topological polar surface area (TPSA) is 68.7 Å². The maximum atomic E-state index is 11.4. The van der Waals surface area contributed by atoms with E-state index in [9.17, 15) is 4.79 Å². The van der Waals surface area contributed by atoms with Gasteiger partial charge < -0.3 is 19.8 Å². The fraction of sp³-hybridized carbons (Fsp3) is 0.318. The van der Waals surface area contributed by atoms with Crippen LogP contribution >= 0.6 is 0 Å². The minimum atomic E-state index is -0.333. The number of furan rings is 1. The molecular formula is C22H22N2O3. The molecule has 1 fully saturated rings. The zero-order valence-electron chi connectivity index (χ0n) is 15.1. The molecule has 5 nitrogen and oxygen atoms in total. The van der Waals surface area contributed by atoms with Crippen LogP contribution in [0.25, 0.3) is 22.1 Å². The van der Waals surface area contributed by atoms with Crippen LogP contribution in [0.2, 0.25) is 0 Å². The summed E-state index contributed by atoms with van der Waals surface area (Å²) in [5, 5.41) is 1.11. The number of likely N-dealkylation sites (tertiary alicyclic amines) is 1. The van der Waals surface area contributed by atoms with Crippen molar-refractivity contribution in [3.63, 3.8) is 0 Å². The summed E-state index contributed by atoms with van der Waals surface area (Å²) < 4.78 is 11.9. The summed E-state index contributed by atoms with van der Waals surface area (Å²) in [5.74, 6) is 0.974. The van der Waals surface area contributed by atoms with Gasteiger partial charge in [-0.2, -0.15) is 0 Å². The van der Waals surface area contributed by atoms with Crippen molar-refractivity contribution in [1.82, 2.24) is 4.90 Å². The lowest BCUT2D eigenvalue weighted by Crippen LogP contribution is -2.52. The number of rotatable bonds is 1. The van der Waals surface area contributed by atoms with Crippen LogP contribution in [0.1, 0.15) is 24.8 Å². The molecular weight excluding hydrogens is 340 g/mol. The lowest BCUT2D eigenvalue weighted by atomic mass is 9.82. The predicted octanol–water partition coefficient (Wildman–Crippen LogP) is 4.34. The van der Waals surface area contributed by atoms with E-state index in [2.05, 4.69) is 30.3 Å². The summed E-state index contributed by atoms with van der Waals surface area (Å²) in [5.41, 5.74) is 9.78. The Balaban J connectivity index is 1.39. The van der Waals surface area contributed by atoms with Crippen LogP contribution in [0.5, 0.6) is 5.75 Å². The average Bonchev–Trinajstić information content (AvgIpc) is 3.16. The summed E-state index contributed by atoms with van der Waals surface area (Å²) in [7, 11) is 0. The van der Waals surface area contributed by atoms with Crippen molar-refractivity contribution in [2.75, 3.05) is 13.1 Å². The van der Waals surface area contributed by atoms with Gasteiger partial charge in [-0.15, -0.1) is 0 Å². The van der Waals surface area contributed by atoms with Gasteiger partial charge >= 0.3 is 6.03 Å². The second kappa shape index (κ2) is 6.05. The fourth-order valence-electron chi connectivity index (χ4n) is 4.33. The Labute approximate surface area is 157 Å². The van der Waals surface area contributed by atoms with E-state index in [1.165, 1.54) is 16.7 Å². The Kier molecular flexibility index (Phi) is 3.64. The van der Waals surface area contributed by atoms with Crippen molar-refractivity contribution in [2.24, 2.45) is 5.73 Å². The number of nitrogens with two attached hydrogens (primary N) is 1. The zero-order valence-corrected chi connectivity index (χ0v) is 15.1. The Morgan fingerprint density at radius 3 is 2.59 bits per heavy atom. The van der Waals surface area contributed by atoms with Crippen LogP contribution in [0.3, 0.4) is 0 Å². The molecule has 3 heterocycles. The third-order valence-electron chi connectivity index (χ3n) is 6.01. The highest BCUT2D eigenvalue weighted by atomic mass is 16.5. The Morgan fingerprint density at radius 2 is 1.78 bits per heavy atom. The van der Waals surface area contributed by atoms with Crippen LogP contribution in [0.4, 0.5) is 4.79 Å². The second-order valence-corrected chi connectivity index (χ2v) is 7.61. The highest BCUT2D eigenvalue weighted by molar-refractivity contribution is 5.83. The first-order valence-electron chi connectivity index (χ1n) is 9.46. The lowest BCUT2D eigenvalue weighted by Gasteiger charge is -2.44. The van der Waals surface area contributed by atoms with E-state index in [1.54, 1.807) is 11.2 Å². The number of carbonyl (C=O) groups is 1. The van der Waals surface area contributed by atoms with Gasteiger partial charge in [0, 0.05) is 31.3 Å². The summed E-state index contributed by atoms with van der Waals surface area (Å²) in [6.45, 7) is 1.35. The number of primary amides is 1. The van der Waals surface area contributed by atoms with Crippen LogP contribution < -0.4 is 10.5 Å². The van der Waals surface area contributed by atoms with Crippen LogP contribution in [-0.4, -0.2) is 29.6 Å². The molecule has 1 saturated heterocycles. The smallest absolute Gasteiger partial charge is 0.314 e. The van der Waals surface area contributed by atoms with Gasteiger partial charge in [-0.05, 0) is 59.9 Å². The first-order chi connectivity index (χ1) is 13.1. The number of benzene rings is 2. The van der Waals surface area contributed by atoms with Crippen LogP contribution in [0, 0.1) is 0 Å². The van der Waals surface area contributed by atoms with Crippen molar-refractivity contribution < 1.29 is 13.9 Å². The predicted molar refractivity (Wildman–Crippen MR) is 104 cm³/mol. The van der Waals surface area contributed by atoms with Crippen molar-refractivity contribution in [3.8, 4) is 16.9 Å². The summed E-state index contributed by atoms with van der Waals surface area (Å²) >= 11 is 0. The minimum Gasteiger partial charge on any atom is -0.487 e. The van der Waals surface area contributed by atoms with Gasteiger partial charge in [-0.25, -0.2) is 4.79 Å². The van der Waals surface area contributed by atoms with E-state index in [-0.39, 0.29) is 11.6 Å². The molecule has 0 unspecified atom stereocenters. The molecule has 3 aromatic rings. The van der Waals surface area contributed by atoms with Crippen molar-refractivity contribution in [2.45, 2.75) is 31.3 Å². The summed E-state index contributed by atoms with van der Waals surface area (Å²) in [4.78, 5) is 13.1. The fourth-order valence-corrected chi connectivity index (χ4v) is 4.33. The van der Waals surface area contributed by atoms with Gasteiger partial charge in [-0.3, -0.25) is 0 Å². The van der Waals surface area contributed by atoms with Crippen molar-refractivity contribution in [1.29, 1.82) is 0 Å². The SMILES string of the molecule is NC(=O)N1CCC2(CCc3cc(-c4ccc5occc5c4)ccc3O2)CC1. The van der Waals surface area contributed by atoms with Crippen molar-refractivity contribution >= 4 is 17.0 Å². The number of ether oxygens (including phenoxy) is 1. The third-order valence-corrected chi connectivity index (χ3v) is 6.01. The van der Waals surface area contributed by atoms with E-state index < -0.39 is 0 Å². The largest absolute Gasteiger partial charge is 0.487 e. The first kappa shape index (κ1) is 16.2. The third kappa shape index (κ3) is 2.83. The average molecular weight is 362 g/mol. The van der Waals surface area contributed by atoms with Gasteiger partial charge in [0.25, 0.3) is 0 Å². The maximum Gasteiger partial charge on any atom is 0.314 e. The molecule has 0 aliphatic carbocycles. The molecule has 2 aliphatic heterocycles. The molecule has 0 atom stereocenters. The lowest BCUT2D eigenvalue weighted by molar-refractivity contribution is -0.00471. The van der Waals surface area contributed by atoms with E-state index in [0.29, 0.717) is 13.1 Å². The highest BCUT2D eigenvalue weighted by Crippen LogP contribution is 2.41. The molecule has 0 saturated carbocycles. The number of nitrogens with zero attached hydrogens (tertiary/aromatic N) is 1. The number of hydrogen-bond acceptors (Lipinski definition) is 3. The molecule has 5 rings (SSSR count). The van der Waals surface area contributed by atoms with Gasteiger partial charge in [-0.1, -0.05) is 12.1 Å². The van der Waals surface area contributed by atoms with Crippen molar-refractivity contribution in [3.05, 3.63) is 54.3 Å². The standard InChI is InChI=1S/C22H22N2O3/c23-21(25)24-10-8-22(9-11-24)7-5-17-13-16(2-4-20(17)27-22)15-1-3-19-18(14-15)6-12-26-19/h1-4,6,12-14H,5,7-11H2,(H2,23,25). The number of urea groups is 1. The molecule has 2 N–H and O–H groups in total. The number of piperidine rings is 1. The first-order valence-corrected chi connectivity index (χ1v) is 9.46. The number of carbonyl (C=O) groups excluding carboxylic acids is 1. The molecule has 27 heavy (non-hydrogen) atoms. The van der Waals surface area contributed by atoms with Gasteiger partial charge in [0.1, 0.15) is 16.9 Å².